The molecule has 2 N–H and O–H groups in total. The van der Waals surface area contributed by atoms with E-state index in [1.165, 1.54) is 6.42 Å². The molecule has 8 nitrogen and oxygen atoms in total. The van der Waals surface area contributed by atoms with Crippen LogP contribution in [0, 0.1) is 11.8 Å². The van der Waals surface area contributed by atoms with Gasteiger partial charge in [-0.15, -0.1) is 0 Å². The third kappa shape index (κ3) is 4.31. The maximum atomic E-state index is 14.3. The molecule has 204 valence electrons. The normalized spacial score (nSPS) is 30.2. The number of anilines is 1. The van der Waals surface area contributed by atoms with Crippen LogP contribution in [0.2, 0.25) is 0 Å². The van der Waals surface area contributed by atoms with Crippen molar-refractivity contribution in [2.45, 2.75) is 68.9 Å². The average molecular weight is 530 g/mol. The zero-order chi connectivity index (χ0) is 27.1. The van der Waals surface area contributed by atoms with Crippen molar-refractivity contribution in [1.82, 2.24) is 10.2 Å². The quantitative estimate of drug-likeness (QED) is 0.529. The second-order valence-electron chi connectivity index (χ2n) is 11.1. The maximum Gasteiger partial charge on any atom is 0.246 e. The molecular weight excluding hydrogens is 494 g/mol. The lowest BCUT2D eigenvalue weighted by Crippen LogP contribution is -2.56. The molecule has 4 aliphatic rings. The molecule has 3 fully saturated rings. The molecule has 6 atom stereocenters. The van der Waals surface area contributed by atoms with E-state index < -0.39 is 29.6 Å². The topological polar surface area (TPSA) is 97.0 Å². The fraction of sp³-hybridized carbons (Fsp3) is 0.452. The number of rotatable bonds is 7. The monoisotopic (exact) mass is 529 g/mol. The van der Waals surface area contributed by atoms with Crippen molar-refractivity contribution in [3.05, 3.63) is 72.3 Å². The number of hydrogen-bond donors (Lipinski definition) is 2. The Morgan fingerprint density at radius 2 is 1.82 bits per heavy atom. The van der Waals surface area contributed by atoms with Gasteiger partial charge in [0.2, 0.25) is 17.7 Å². The van der Waals surface area contributed by atoms with E-state index in [0.717, 1.165) is 31.2 Å². The summed E-state index contributed by atoms with van der Waals surface area (Å²) in [5, 5.41) is 6.20. The summed E-state index contributed by atoms with van der Waals surface area (Å²) in [7, 11) is 1.57. The average Bonchev–Trinajstić information content (AvgIpc) is 3.61. The number of amides is 3. The minimum absolute atomic E-state index is 0.0837. The number of methoxy groups -OCH3 is 1. The predicted molar refractivity (Wildman–Crippen MR) is 146 cm³/mol. The number of benzene rings is 2. The fourth-order valence-electron chi connectivity index (χ4n) is 6.97. The first-order valence-corrected chi connectivity index (χ1v) is 13.9. The highest BCUT2D eigenvalue weighted by Crippen LogP contribution is 2.56. The van der Waals surface area contributed by atoms with E-state index in [1.54, 1.807) is 36.3 Å². The van der Waals surface area contributed by atoms with Crippen LogP contribution in [0.3, 0.4) is 0 Å². The van der Waals surface area contributed by atoms with Gasteiger partial charge in [-0.2, -0.15) is 0 Å². The minimum Gasteiger partial charge on any atom is -0.497 e. The molecule has 39 heavy (non-hydrogen) atoms. The molecule has 1 spiro atoms. The Morgan fingerprint density at radius 1 is 1.05 bits per heavy atom. The van der Waals surface area contributed by atoms with Crippen LogP contribution in [0.15, 0.2) is 66.7 Å². The number of fused-ring (bicyclic) bond motifs is 1. The second-order valence-corrected chi connectivity index (χ2v) is 11.1. The zero-order valence-corrected chi connectivity index (χ0v) is 22.3. The zero-order valence-electron chi connectivity index (χ0n) is 22.3. The van der Waals surface area contributed by atoms with Crippen LogP contribution in [0.1, 0.15) is 50.6 Å². The van der Waals surface area contributed by atoms with Crippen LogP contribution in [-0.2, 0) is 19.1 Å². The Kier molecular flexibility index (Phi) is 6.67. The lowest BCUT2D eigenvalue weighted by Gasteiger charge is -2.37. The summed E-state index contributed by atoms with van der Waals surface area (Å²) in [4.78, 5) is 43.7. The summed E-state index contributed by atoms with van der Waals surface area (Å²) in [6.45, 7) is 1.94. The van der Waals surface area contributed by atoms with Crippen molar-refractivity contribution < 1.29 is 23.9 Å². The van der Waals surface area contributed by atoms with Gasteiger partial charge in [-0.1, -0.05) is 67.8 Å². The standard InChI is InChI=1S/C31H35N3O5/c1-19(20-10-5-3-6-11-20)34-27(29(36)32-21-12-7-4-8-13-21)31-17-16-24(39-31)25(26(31)30(34)37)28(35)33-22-14-9-15-23(18-22)38-2/h3,5-6,9-11,14-19,21,24-27H,4,7-8,12-13H2,1-2H3,(H,32,36)(H,33,35). The van der Waals surface area contributed by atoms with E-state index in [-0.39, 0.29) is 29.8 Å². The molecule has 0 aromatic heterocycles. The van der Waals surface area contributed by atoms with Gasteiger partial charge in [0.15, 0.2) is 0 Å². The Bertz CT molecular complexity index is 1290. The molecule has 8 heteroatoms. The Hall–Kier alpha value is -3.65. The lowest BCUT2D eigenvalue weighted by molar-refractivity contribution is -0.143. The van der Waals surface area contributed by atoms with Crippen LogP contribution in [0.25, 0.3) is 0 Å². The fourth-order valence-corrected chi connectivity index (χ4v) is 6.97. The minimum atomic E-state index is -1.19. The van der Waals surface area contributed by atoms with Gasteiger partial charge >= 0.3 is 0 Å². The van der Waals surface area contributed by atoms with Gasteiger partial charge in [0.25, 0.3) is 0 Å². The molecule has 6 unspecified atom stereocenters. The van der Waals surface area contributed by atoms with Crippen LogP contribution in [-0.4, -0.2) is 53.5 Å². The van der Waals surface area contributed by atoms with Gasteiger partial charge in [-0.25, -0.2) is 0 Å². The van der Waals surface area contributed by atoms with Crippen LogP contribution in [0.4, 0.5) is 5.69 Å². The predicted octanol–water partition coefficient (Wildman–Crippen LogP) is 3.99. The molecular formula is C31H35N3O5. The molecule has 6 rings (SSSR count). The number of carbonyl (C=O) groups excluding carboxylic acids is 3. The summed E-state index contributed by atoms with van der Waals surface area (Å²) in [6, 6.07) is 15.6. The van der Waals surface area contributed by atoms with E-state index in [1.807, 2.05) is 49.4 Å². The van der Waals surface area contributed by atoms with Crippen molar-refractivity contribution in [1.29, 1.82) is 0 Å². The highest BCUT2D eigenvalue weighted by molar-refractivity contribution is 6.03. The number of nitrogens with zero attached hydrogens (tertiary/aromatic N) is 1. The molecule has 3 aliphatic heterocycles. The first kappa shape index (κ1) is 25.6. The number of hydrogen-bond acceptors (Lipinski definition) is 5. The molecule has 2 bridgehead atoms. The first-order chi connectivity index (χ1) is 18.9. The Morgan fingerprint density at radius 3 is 2.56 bits per heavy atom. The number of ether oxygens (including phenoxy) is 2. The largest absolute Gasteiger partial charge is 0.497 e. The van der Waals surface area contributed by atoms with E-state index in [9.17, 15) is 14.4 Å². The van der Waals surface area contributed by atoms with Gasteiger partial charge in [-0.3, -0.25) is 14.4 Å². The Balaban J connectivity index is 1.34. The maximum absolute atomic E-state index is 14.3. The van der Waals surface area contributed by atoms with Crippen molar-refractivity contribution in [3.8, 4) is 5.75 Å². The van der Waals surface area contributed by atoms with Crippen molar-refractivity contribution in [2.75, 3.05) is 12.4 Å². The van der Waals surface area contributed by atoms with E-state index in [0.29, 0.717) is 11.4 Å². The third-order valence-electron chi connectivity index (χ3n) is 8.85. The van der Waals surface area contributed by atoms with Crippen LogP contribution < -0.4 is 15.4 Å². The van der Waals surface area contributed by atoms with Crippen molar-refractivity contribution >= 4 is 23.4 Å². The smallest absolute Gasteiger partial charge is 0.246 e. The highest BCUT2D eigenvalue weighted by atomic mass is 16.5. The summed E-state index contributed by atoms with van der Waals surface area (Å²) < 4.78 is 11.8. The molecule has 3 heterocycles. The summed E-state index contributed by atoms with van der Waals surface area (Å²) in [5.41, 5.74) is 0.306. The number of carbonyl (C=O) groups is 3. The third-order valence-corrected chi connectivity index (χ3v) is 8.85. The first-order valence-electron chi connectivity index (χ1n) is 13.9. The van der Waals surface area contributed by atoms with E-state index >= 15 is 0 Å². The molecule has 1 saturated carbocycles. The highest BCUT2D eigenvalue weighted by Gasteiger charge is 2.73. The van der Waals surface area contributed by atoms with E-state index in [4.69, 9.17) is 9.47 Å². The van der Waals surface area contributed by atoms with Gasteiger partial charge in [0, 0.05) is 17.8 Å². The molecule has 2 saturated heterocycles. The van der Waals surface area contributed by atoms with Gasteiger partial charge in [-0.05, 0) is 37.5 Å². The molecule has 0 radical (unpaired) electrons. The lowest BCUT2D eigenvalue weighted by atomic mass is 9.74. The van der Waals surface area contributed by atoms with Crippen LogP contribution in [0.5, 0.6) is 5.75 Å². The molecule has 1 aliphatic carbocycles. The van der Waals surface area contributed by atoms with Crippen LogP contribution >= 0.6 is 0 Å². The van der Waals surface area contributed by atoms with Gasteiger partial charge in [0.1, 0.15) is 17.4 Å². The number of nitrogens with one attached hydrogen (secondary N) is 2. The molecule has 2 aromatic rings. The molecule has 3 amide bonds. The second kappa shape index (κ2) is 10.2. The summed E-state index contributed by atoms with van der Waals surface area (Å²) in [5.74, 6) is -1.68. The van der Waals surface area contributed by atoms with Gasteiger partial charge < -0.3 is 25.0 Å². The summed E-state index contributed by atoms with van der Waals surface area (Å²) >= 11 is 0. The van der Waals surface area contributed by atoms with E-state index in [2.05, 4.69) is 10.6 Å². The Labute approximate surface area is 228 Å². The summed E-state index contributed by atoms with van der Waals surface area (Å²) in [6.07, 6.45) is 8.33. The molecule has 2 aromatic carbocycles. The van der Waals surface area contributed by atoms with Gasteiger partial charge in [0.05, 0.1) is 31.1 Å². The SMILES string of the molecule is COc1cccc(NC(=O)C2C3C=CC4(O3)C2C(=O)N(C(C)c2ccccc2)C4C(=O)NC2CCCCC2)c1. The number of likely N-dealkylation sites (tertiary alicyclic amines) is 1. The van der Waals surface area contributed by atoms with Crippen molar-refractivity contribution in [2.24, 2.45) is 11.8 Å². The van der Waals surface area contributed by atoms with Crippen molar-refractivity contribution in [3.63, 3.8) is 0 Å².